The number of hydrogen-bond acceptors (Lipinski definition) is 7. The molecule has 0 spiro atoms. The monoisotopic (exact) mass is 563 g/mol. The zero-order chi connectivity index (χ0) is 27.6. The first-order valence-corrected chi connectivity index (χ1v) is 15.3. The predicted octanol–water partition coefficient (Wildman–Crippen LogP) is 4.29. The van der Waals surface area contributed by atoms with E-state index in [2.05, 4.69) is 41.1 Å². The molecule has 5 rings (SSSR count). The number of carbonyl (C=O) groups is 1. The molecule has 0 bridgehead atoms. The number of thiazole rings is 1. The summed E-state index contributed by atoms with van der Waals surface area (Å²) in [6.07, 6.45) is 0. The van der Waals surface area contributed by atoms with Gasteiger partial charge >= 0.3 is 0 Å². The molecule has 0 radical (unpaired) electrons. The lowest BCUT2D eigenvalue weighted by molar-refractivity contribution is 0.0947. The molecule has 1 amide bonds. The minimum absolute atomic E-state index is 0.140. The molecule has 3 aromatic carbocycles. The van der Waals surface area contributed by atoms with Crippen LogP contribution in [0.25, 0.3) is 10.2 Å². The average molecular weight is 564 g/mol. The summed E-state index contributed by atoms with van der Waals surface area (Å²) in [6, 6.07) is 19.3. The predicted molar refractivity (Wildman–Crippen MR) is 159 cm³/mol. The summed E-state index contributed by atoms with van der Waals surface area (Å²) in [5.41, 5.74) is 4.63. The Hall–Kier alpha value is -3.47. The third-order valence-corrected chi connectivity index (χ3v) is 10.2. The van der Waals surface area contributed by atoms with Gasteiger partial charge in [-0.15, -0.1) is 0 Å². The molecular formula is C29H33N5O3S2. The van der Waals surface area contributed by atoms with Gasteiger partial charge in [0.05, 0.1) is 20.8 Å². The number of fused-ring (bicyclic) bond motifs is 1. The van der Waals surface area contributed by atoms with Crippen molar-refractivity contribution in [2.75, 3.05) is 55.5 Å². The van der Waals surface area contributed by atoms with Gasteiger partial charge in [0, 0.05) is 51.9 Å². The smallest absolute Gasteiger partial charge is 0.264 e. The number of carbonyl (C=O) groups excluding carboxylic acids is 1. The zero-order valence-corrected chi connectivity index (χ0v) is 24.1. The second-order valence-corrected chi connectivity index (χ2v) is 12.7. The molecule has 1 fully saturated rings. The number of aryl methyl sites for hydroxylation is 2. The molecule has 1 aromatic heterocycles. The van der Waals surface area contributed by atoms with Crippen molar-refractivity contribution in [3.63, 3.8) is 0 Å². The molecule has 1 N–H and O–H groups in total. The fraction of sp³-hybridized carbons (Fsp3) is 0.310. The number of piperazine rings is 1. The molecule has 0 saturated carbocycles. The summed E-state index contributed by atoms with van der Waals surface area (Å²) in [5.74, 6) is -0.214. The van der Waals surface area contributed by atoms with Crippen LogP contribution < -0.4 is 14.5 Å². The van der Waals surface area contributed by atoms with Crippen LogP contribution in [-0.2, 0) is 10.0 Å². The van der Waals surface area contributed by atoms with Crippen molar-refractivity contribution >= 4 is 48.3 Å². The first-order valence-electron chi connectivity index (χ1n) is 13.0. The number of sulfonamides is 1. The summed E-state index contributed by atoms with van der Waals surface area (Å²) in [4.78, 5) is 22.4. The van der Waals surface area contributed by atoms with E-state index in [4.69, 9.17) is 4.98 Å². The van der Waals surface area contributed by atoms with Crippen molar-refractivity contribution in [1.29, 1.82) is 0 Å². The Balaban J connectivity index is 1.10. The SMILES string of the molecule is Cc1ccc2sc(N3CCN(CCNC(=O)c4ccc(S(=O)(=O)N(C)c5ccccc5)cc4)CC3)nc2c1C. The first kappa shape index (κ1) is 27.1. The number of nitrogens with zero attached hydrogens (tertiary/aromatic N) is 4. The van der Waals surface area contributed by atoms with Crippen LogP contribution in [-0.4, -0.2) is 70.5 Å². The Morgan fingerprint density at radius 1 is 0.974 bits per heavy atom. The van der Waals surface area contributed by atoms with E-state index >= 15 is 0 Å². The van der Waals surface area contributed by atoms with Crippen LogP contribution in [0.4, 0.5) is 10.8 Å². The number of nitrogens with one attached hydrogen (secondary N) is 1. The van der Waals surface area contributed by atoms with Crippen molar-refractivity contribution in [1.82, 2.24) is 15.2 Å². The van der Waals surface area contributed by atoms with Crippen LogP contribution in [0.1, 0.15) is 21.5 Å². The van der Waals surface area contributed by atoms with Gasteiger partial charge in [-0.3, -0.25) is 14.0 Å². The van der Waals surface area contributed by atoms with Crippen LogP contribution in [0.5, 0.6) is 0 Å². The van der Waals surface area contributed by atoms with Gasteiger partial charge in [0.2, 0.25) is 0 Å². The Bertz CT molecular complexity index is 1560. The van der Waals surface area contributed by atoms with E-state index in [1.165, 1.54) is 39.3 Å². The van der Waals surface area contributed by atoms with Gasteiger partial charge in [-0.05, 0) is 67.4 Å². The lowest BCUT2D eigenvalue weighted by Crippen LogP contribution is -2.48. The highest BCUT2D eigenvalue weighted by Crippen LogP contribution is 2.32. The number of benzene rings is 3. The highest BCUT2D eigenvalue weighted by Gasteiger charge is 2.22. The Labute approximate surface area is 233 Å². The zero-order valence-electron chi connectivity index (χ0n) is 22.4. The molecule has 8 nitrogen and oxygen atoms in total. The molecule has 1 aliphatic rings. The number of aromatic nitrogens is 1. The van der Waals surface area contributed by atoms with E-state index in [9.17, 15) is 13.2 Å². The molecule has 0 atom stereocenters. The number of para-hydroxylation sites is 1. The maximum atomic E-state index is 13.0. The fourth-order valence-corrected chi connectivity index (χ4v) is 6.93. The van der Waals surface area contributed by atoms with E-state index in [1.54, 1.807) is 47.7 Å². The second kappa shape index (κ2) is 11.3. The fourth-order valence-electron chi connectivity index (χ4n) is 4.66. The molecule has 1 aliphatic heterocycles. The minimum Gasteiger partial charge on any atom is -0.351 e. The summed E-state index contributed by atoms with van der Waals surface area (Å²) in [5, 5.41) is 4.04. The normalized spacial score (nSPS) is 14.5. The van der Waals surface area contributed by atoms with Crippen molar-refractivity contribution in [2.45, 2.75) is 18.7 Å². The van der Waals surface area contributed by atoms with Gasteiger partial charge < -0.3 is 10.2 Å². The summed E-state index contributed by atoms with van der Waals surface area (Å²) < 4.78 is 28.4. The summed E-state index contributed by atoms with van der Waals surface area (Å²) in [7, 11) is -2.20. The molecular weight excluding hydrogens is 530 g/mol. The van der Waals surface area contributed by atoms with Crippen LogP contribution in [0.15, 0.2) is 71.6 Å². The van der Waals surface area contributed by atoms with Crippen molar-refractivity contribution in [2.24, 2.45) is 0 Å². The van der Waals surface area contributed by atoms with Crippen molar-refractivity contribution in [3.05, 3.63) is 83.4 Å². The Morgan fingerprint density at radius 3 is 2.36 bits per heavy atom. The van der Waals surface area contributed by atoms with E-state index in [-0.39, 0.29) is 10.8 Å². The topological polar surface area (TPSA) is 85.8 Å². The third-order valence-electron chi connectivity index (χ3n) is 7.32. The maximum Gasteiger partial charge on any atom is 0.264 e. The number of anilines is 2. The second-order valence-electron chi connectivity index (χ2n) is 9.77. The average Bonchev–Trinajstić information content (AvgIpc) is 3.41. The van der Waals surface area contributed by atoms with Gasteiger partial charge in [0.1, 0.15) is 0 Å². The van der Waals surface area contributed by atoms with Gasteiger partial charge in [0.15, 0.2) is 5.13 Å². The van der Waals surface area contributed by atoms with E-state index in [1.807, 2.05) is 6.07 Å². The number of hydrogen-bond donors (Lipinski definition) is 1. The third kappa shape index (κ3) is 5.78. The highest BCUT2D eigenvalue weighted by atomic mass is 32.2. The minimum atomic E-state index is -3.72. The van der Waals surface area contributed by atoms with Crippen LogP contribution >= 0.6 is 11.3 Å². The van der Waals surface area contributed by atoms with Gasteiger partial charge in [-0.25, -0.2) is 13.4 Å². The van der Waals surface area contributed by atoms with Gasteiger partial charge in [-0.2, -0.15) is 0 Å². The van der Waals surface area contributed by atoms with Crippen LogP contribution in [0.3, 0.4) is 0 Å². The number of rotatable bonds is 8. The van der Waals surface area contributed by atoms with Crippen LogP contribution in [0, 0.1) is 13.8 Å². The Kier molecular flexibility index (Phi) is 7.88. The van der Waals surface area contributed by atoms with E-state index in [0.29, 0.717) is 17.8 Å². The molecule has 39 heavy (non-hydrogen) atoms. The molecule has 0 aliphatic carbocycles. The standard InChI is InChI=1S/C29H33N5O3S2/c1-21-9-14-26-27(22(21)2)31-29(38-26)34-19-17-33(18-20-34)16-15-30-28(35)23-10-12-25(13-11-23)39(36,37)32(3)24-7-5-4-6-8-24/h4-14H,15-20H2,1-3H3,(H,30,35). The van der Waals surface area contributed by atoms with Crippen molar-refractivity contribution < 1.29 is 13.2 Å². The van der Waals surface area contributed by atoms with Crippen LogP contribution in [0.2, 0.25) is 0 Å². The van der Waals surface area contributed by atoms with Gasteiger partial charge in [0.25, 0.3) is 15.9 Å². The first-order chi connectivity index (χ1) is 18.7. The lowest BCUT2D eigenvalue weighted by Gasteiger charge is -2.34. The molecule has 204 valence electrons. The number of amides is 1. The molecule has 1 saturated heterocycles. The van der Waals surface area contributed by atoms with E-state index < -0.39 is 10.0 Å². The molecule has 0 unspecified atom stereocenters. The molecule has 2 heterocycles. The summed E-state index contributed by atoms with van der Waals surface area (Å²) in [6.45, 7) is 9.15. The summed E-state index contributed by atoms with van der Waals surface area (Å²) >= 11 is 1.75. The van der Waals surface area contributed by atoms with Crippen molar-refractivity contribution in [3.8, 4) is 0 Å². The van der Waals surface area contributed by atoms with Gasteiger partial charge in [-0.1, -0.05) is 35.6 Å². The Morgan fingerprint density at radius 2 is 1.67 bits per heavy atom. The maximum absolute atomic E-state index is 13.0. The molecule has 4 aromatic rings. The quantitative estimate of drug-likeness (QED) is 0.344. The largest absolute Gasteiger partial charge is 0.351 e. The highest BCUT2D eigenvalue weighted by molar-refractivity contribution is 7.92. The van der Waals surface area contributed by atoms with E-state index in [0.717, 1.165) is 43.4 Å². The molecule has 10 heteroatoms. The lowest BCUT2D eigenvalue weighted by atomic mass is 10.1.